The molecule has 0 saturated carbocycles. The number of anilines is 1. The van der Waals surface area contributed by atoms with E-state index in [-0.39, 0.29) is 11.8 Å². The second kappa shape index (κ2) is 8.19. The van der Waals surface area contributed by atoms with Crippen molar-refractivity contribution < 1.29 is 14.3 Å². The van der Waals surface area contributed by atoms with Gasteiger partial charge in [-0.15, -0.1) is 11.3 Å². The summed E-state index contributed by atoms with van der Waals surface area (Å²) in [6.45, 7) is 2.77. The van der Waals surface area contributed by atoms with Crippen molar-refractivity contribution in [3.63, 3.8) is 0 Å². The molecule has 1 aliphatic heterocycles. The molecular weight excluding hydrogens is 340 g/mol. The lowest BCUT2D eigenvalue weighted by Crippen LogP contribution is -2.40. The van der Waals surface area contributed by atoms with Gasteiger partial charge in [0.1, 0.15) is 5.69 Å². The molecule has 25 heavy (non-hydrogen) atoms. The maximum absolute atomic E-state index is 12.5. The average molecular weight is 360 g/mol. The summed E-state index contributed by atoms with van der Waals surface area (Å²) < 4.78 is 5.27. The largest absolute Gasteiger partial charge is 0.378 e. The Bertz CT molecular complexity index is 756. The molecule has 1 saturated heterocycles. The van der Waals surface area contributed by atoms with E-state index in [2.05, 4.69) is 10.3 Å². The third-order valence-electron chi connectivity index (χ3n) is 3.81. The summed E-state index contributed by atoms with van der Waals surface area (Å²) in [5.74, 6) is -0.353. The van der Waals surface area contributed by atoms with Crippen LogP contribution in [-0.4, -0.2) is 54.5 Å². The van der Waals surface area contributed by atoms with Crippen molar-refractivity contribution in [2.75, 3.05) is 38.2 Å². The zero-order valence-corrected chi connectivity index (χ0v) is 14.6. The fourth-order valence-electron chi connectivity index (χ4n) is 2.53. The van der Waals surface area contributed by atoms with Crippen LogP contribution in [0.3, 0.4) is 0 Å². The number of aromatic nitrogens is 1. The Kier molecular flexibility index (Phi) is 5.75. The van der Waals surface area contributed by atoms with Gasteiger partial charge in [-0.05, 0) is 24.7 Å². The van der Waals surface area contributed by atoms with Gasteiger partial charge in [0, 0.05) is 36.1 Å². The van der Waals surface area contributed by atoms with E-state index >= 15 is 0 Å². The average Bonchev–Trinajstić information content (AvgIpc) is 3.11. The molecular formula is C17H20N4O3S. The molecule has 0 bridgehead atoms. The Morgan fingerprint density at radius 1 is 1.32 bits per heavy atom. The molecule has 8 heteroatoms. The predicted octanol–water partition coefficient (Wildman–Crippen LogP) is 1.37. The quantitative estimate of drug-likeness (QED) is 0.839. The molecule has 7 nitrogen and oxygen atoms in total. The Morgan fingerprint density at radius 2 is 2.12 bits per heavy atom. The van der Waals surface area contributed by atoms with E-state index in [9.17, 15) is 9.59 Å². The Labute approximate surface area is 149 Å². The lowest BCUT2D eigenvalue weighted by molar-refractivity contribution is 0.0303. The van der Waals surface area contributed by atoms with Crippen LogP contribution in [0, 0.1) is 0 Å². The first kappa shape index (κ1) is 17.5. The summed E-state index contributed by atoms with van der Waals surface area (Å²) in [5.41, 5.74) is 6.97. The molecule has 3 N–H and O–H groups in total. The van der Waals surface area contributed by atoms with Gasteiger partial charge in [0.25, 0.3) is 11.8 Å². The molecule has 0 unspecified atom stereocenters. The Balaban J connectivity index is 1.68. The summed E-state index contributed by atoms with van der Waals surface area (Å²) in [7, 11) is 0. The second-order valence-electron chi connectivity index (χ2n) is 5.60. The molecule has 1 aromatic carbocycles. The Hall–Kier alpha value is -2.29. The summed E-state index contributed by atoms with van der Waals surface area (Å²) in [4.78, 5) is 30.8. The van der Waals surface area contributed by atoms with Crippen molar-refractivity contribution in [3.05, 3.63) is 45.9 Å². The number of amides is 2. The number of nitrogens with zero attached hydrogens (tertiary/aromatic N) is 2. The van der Waals surface area contributed by atoms with Crippen LogP contribution in [0.25, 0.3) is 0 Å². The molecule has 2 heterocycles. The molecule has 1 aromatic heterocycles. The van der Waals surface area contributed by atoms with Crippen LogP contribution in [0.5, 0.6) is 0 Å². The minimum atomic E-state index is -0.296. The first-order valence-corrected chi connectivity index (χ1v) is 8.98. The van der Waals surface area contributed by atoms with Gasteiger partial charge in [0.05, 0.1) is 18.2 Å². The van der Waals surface area contributed by atoms with Crippen molar-refractivity contribution in [2.24, 2.45) is 5.73 Å². The number of hydrogen-bond acceptors (Lipinski definition) is 6. The van der Waals surface area contributed by atoms with Crippen molar-refractivity contribution in [1.82, 2.24) is 9.88 Å². The van der Waals surface area contributed by atoms with E-state index in [1.54, 1.807) is 34.5 Å². The molecule has 2 aromatic rings. The monoisotopic (exact) mass is 360 g/mol. The van der Waals surface area contributed by atoms with Crippen LogP contribution in [0.15, 0.2) is 29.6 Å². The van der Waals surface area contributed by atoms with Crippen LogP contribution < -0.4 is 11.1 Å². The van der Waals surface area contributed by atoms with Gasteiger partial charge >= 0.3 is 0 Å². The van der Waals surface area contributed by atoms with Gasteiger partial charge in [-0.2, -0.15) is 0 Å². The highest BCUT2D eigenvalue weighted by Crippen LogP contribution is 2.16. The van der Waals surface area contributed by atoms with Crippen LogP contribution >= 0.6 is 11.3 Å². The minimum absolute atomic E-state index is 0.0571. The number of rotatable bonds is 5. The SMILES string of the molecule is NCCc1nc(C(=O)Nc2cccc(C(=O)N3CCOCC3)c2)cs1. The highest BCUT2D eigenvalue weighted by atomic mass is 32.1. The normalized spacial score (nSPS) is 14.4. The van der Waals surface area contributed by atoms with Gasteiger partial charge in [-0.1, -0.05) is 6.07 Å². The van der Waals surface area contributed by atoms with Crippen molar-refractivity contribution in [2.45, 2.75) is 6.42 Å². The predicted molar refractivity (Wildman–Crippen MR) is 96.0 cm³/mol. The molecule has 0 spiro atoms. The van der Waals surface area contributed by atoms with Gasteiger partial charge in [0.15, 0.2) is 0 Å². The third-order valence-corrected chi connectivity index (χ3v) is 4.72. The lowest BCUT2D eigenvalue weighted by atomic mass is 10.1. The molecule has 1 fully saturated rings. The number of thiazole rings is 1. The van der Waals surface area contributed by atoms with Gasteiger partial charge in [-0.25, -0.2) is 4.98 Å². The first-order chi connectivity index (χ1) is 12.2. The van der Waals surface area contributed by atoms with E-state index in [0.717, 1.165) is 5.01 Å². The smallest absolute Gasteiger partial charge is 0.275 e. The zero-order valence-electron chi connectivity index (χ0n) is 13.7. The van der Waals surface area contributed by atoms with Crippen LogP contribution in [0.1, 0.15) is 25.9 Å². The molecule has 1 aliphatic rings. The van der Waals surface area contributed by atoms with Crippen molar-refractivity contribution >= 4 is 28.8 Å². The summed E-state index contributed by atoms with van der Waals surface area (Å²) in [5, 5.41) is 5.34. The number of nitrogens with one attached hydrogen (secondary N) is 1. The maximum atomic E-state index is 12.5. The fraction of sp³-hybridized carbons (Fsp3) is 0.353. The number of carbonyl (C=O) groups excluding carboxylic acids is 2. The number of nitrogens with two attached hydrogens (primary N) is 1. The zero-order chi connectivity index (χ0) is 17.6. The van der Waals surface area contributed by atoms with Crippen molar-refractivity contribution in [3.8, 4) is 0 Å². The van der Waals surface area contributed by atoms with E-state index in [0.29, 0.717) is 56.2 Å². The molecule has 132 valence electrons. The van der Waals surface area contributed by atoms with Gasteiger partial charge in [0.2, 0.25) is 0 Å². The van der Waals surface area contributed by atoms with E-state index < -0.39 is 0 Å². The summed E-state index contributed by atoms with van der Waals surface area (Å²) in [6.07, 6.45) is 0.654. The van der Waals surface area contributed by atoms with Crippen LogP contribution in [-0.2, 0) is 11.2 Å². The van der Waals surface area contributed by atoms with E-state index in [1.807, 2.05) is 0 Å². The number of carbonyl (C=O) groups is 2. The standard InChI is InChI=1S/C17H20N4O3S/c18-5-4-15-20-14(11-25-15)16(22)19-13-3-1-2-12(10-13)17(23)21-6-8-24-9-7-21/h1-3,10-11H,4-9,18H2,(H,19,22). The molecule has 3 rings (SSSR count). The summed E-state index contributed by atoms with van der Waals surface area (Å²) in [6, 6.07) is 6.93. The lowest BCUT2D eigenvalue weighted by Gasteiger charge is -2.27. The fourth-order valence-corrected chi connectivity index (χ4v) is 3.32. The molecule has 2 amide bonds. The summed E-state index contributed by atoms with van der Waals surface area (Å²) >= 11 is 1.42. The van der Waals surface area contributed by atoms with Crippen LogP contribution in [0.2, 0.25) is 0 Å². The maximum Gasteiger partial charge on any atom is 0.275 e. The molecule has 0 atom stereocenters. The number of ether oxygens (including phenoxy) is 1. The minimum Gasteiger partial charge on any atom is -0.378 e. The second-order valence-corrected chi connectivity index (χ2v) is 6.55. The Morgan fingerprint density at radius 3 is 2.88 bits per heavy atom. The number of benzene rings is 1. The van der Waals surface area contributed by atoms with Crippen LogP contribution in [0.4, 0.5) is 5.69 Å². The first-order valence-electron chi connectivity index (χ1n) is 8.10. The van der Waals surface area contributed by atoms with Gasteiger partial charge in [-0.3, -0.25) is 9.59 Å². The highest BCUT2D eigenvalue weighted by Gasteiger charge is 2.19. The molecule has 0 aliphatic carbocycles. The van der Waals surface area contributed by atoms with Gasteiger partial charge < -0.3 is 20.7 Å². The van der Waals surface area contributed by atoms with E-state index in [4.69, 9.17) is 10.5 Å². The topological polar surface area (TPSA) is 97.5 Å². The highest BCUT2D eigenvalue weighted by molar-refractivity contribution is 7.09. The molecule has 0 radical (unpaired) electrons. The van der Waals surface area contributed by atoms with E-state index in [1.165, 1.54) is 11.3 Å². The van der Waals surface area contributed by atoms with Crippen molar-refractivity contribution in [1.29, 1.82) is 0 Å². The number of morpholine rings is 1. The third kappa shape index (κ3) is 4.41. The number of hydrogen-bond donors (Lipinski definition) is 2.